The van der Waals surface area contributed by atoms with E-state index in [0.29, 0.717) is 36.3 Å². The van der Waals surface area contributed by atoms with E-state index in [9.17, 15) is 13.6 Å². The molecular weight excluding hydrogens is 502 g/mol. The van der Waals surface area contributed by atoms with Gasteiger partial charge in [-0.3, -0.25) is 10.2 Å². The molecule has 2 heterocycles. The molecule has 184 valence electrons. The molecule has 4 aromatic rings. The third-order valence-electron chi connectivity index (χ3n) is 6.20. The Labute approximate surface area is 217 Å². The van der Waals surface area contributed by atoms with Crippen molar-refractivity contribution < 1.29 is 13.6 Å². The molecule has 0 radical (unpaired) electrons. The van der Waals surface area contributed by atoms with Crippen LogP contribution in [0.1, 0.15) is 17.2 Å². The summed E-state index contributed by atoms with van der Waals surface area (Å²) in [6.07, 6.45) is 0. The van der Waals surface area contributed by atoms with E-state index in [0.717, 1.165) is 22.4 Å². The number of thiazole rings is 1. The maximum absolute atomic E-state index is 13.6. The molecule has 5 nitrogen and oxygen atoms in total. The van der Waals surface area contributed by atoms with E-state index in [4.69, 9.17) is 11.6 Å². The number of nitrogens with one attached hydrogen (secondary N) is 1. The van der Waals surface area contributed by atoms with Crippen LogP contribution in [0.2, 0.25) is 5.02 Å². The molecule has 0 saturated carbocycles. The Bertz CT molecular complexity index is 1280. The van der Waals surface area contributed by atoms with Gasteiger partial charge in [-0.2, -0.15) is 0 Å². The molecule has 1 aromatic heterocycles. The van der Waals surface area contributed by atoms with Crippen LogP contribution in [0.15, 0.2) is 78.2 Å². The van der Waals surface area contributed by atoms with Gasteiger partial charge in [0.15, 0.2) is 5.13 Å². The van der Waals surface area contributed by atoms with Gasteiger partial charge in [0.1, 0.15) is 11.6 Å². The van der Waals surface area contributed by atoms with Crippen molar-refractivity contribution in [2.75, 3.05) is 31.5 Å². The molecule has 0 atom stereocenters. The minimum absolute atomic E-state index is 0.169. The number of carbonyl (C=O) groups excluding carboxylic acids is 1. The number of nitrogens with zero attached hydrogens (tertiary/aromatic N) is 3. The van der Waals surface area contributed by atoms with Crippen LogP contribution in [0, 0.1) is 11.6 Å². The standard InChI is InChI=1S/C27H23ClF2N4OS/c28-21-7-1-18(2-8-21)24-17-36-26(31-24)32-27(35)34-15-13-33(14-16-34)25(19-3-9-22(29)10-4-19)20-5-11-23(30)12-6-20/h1-12,17,25H,13-16H2,(H,31,32,35). The van der Waals surface area contributed by atoms with Gasteiger partial charge in [-0.25, -0.2) is 18.6 Å². The first-order valence-corrected chi connectivity index (χ1v) is 12.7. The van der Waals surface area contributed by atoms with Crippen molar-refractivity contribution in [3.05, 3.63) is 106 Å². The molecule has 1 N–H and O–H groups in total. The van der Waals surface area contributed by atoms with Crippen LogP contribution in [0.5, 0.6) is 0 Å². The number of anilines is 1. The molecule has 9 heteroatoms. The second-order valence-corrected chi connectivity index (χ2v) is 9.80. The third-order valence-corrected chi connectivity index (χ3v) is 7.21. The van der Waals surface area contributed by atoms with Gasteiger partial charge in [-0.1, -0.05) is 48.0 Å². The van der Waals surface area contributed by atoms with Crippen molar-refractivity contribution >= 4 is 34.1 Å². The van der Waals surface area contributed by atoms with Gasteiger partial charge in [0.05, 0.1) is 11.7 Å². The first kappa shape index (κ1) is 24.4. The molecule has 5 rings (SSSR count). The molecule has 2 amide bonds. The van der Waals surface area contributed by atoms with E-state index < -0.39 is 0 Å². The van der Waals surface area contributed by atoms with Crippen LogP contribution in [-0.2, 0) is 0 Å². The number of hydrogen-bond acceptors (Lipinski definition) is 4. The molecule has 3 aromatic carbocycles. The van der Waals surface area contributed by atoms with Gasteiger partial charge in [0.2, 0.25) is 0 Å². The summed E-state index contributed by atoms with van der Waals surface area (Å²) >= 11 is 7.33. The fraction of sp³-hybridized carbons (Fsp3) is 0.185. The predicted molar refractivity (Wildman–Crippen MR) is 139 cm³/mol. The molecule has 1 fully saturated rings. The number of hydrogen-bond donors (Lipinski definition) is 1. The van der Waals surface area contributed by atoms with Crippen molar-refractivity contribution in [1.29, 1.82) is 0 Å². The lowest BCUT2D eigenvalue weighted by molar-refractivity contribution is 0.126. The largest absolute Gasteiger partial charge is 0.323 e. The van der Waals surface area contributed by atoms with E-state index in [-0.39, 0.29) is 23.7 Å². The molecule has 0 unspecified atom stereocenters. The highest BCUT2D eigenvalue weighted by Gasteiger charge is 2.28. The topological polar surface area (TPSA) is 48.5 Å². The zero-order valence-electron chi connectivity index (χ0n) is 19.2. The second kappa shape index (κ2) is 10.7. The molecule has 0 bridgehead atoms. The van der Waals surface area contributed by atoms with Crippen molar-refractivity contribution in [1.82, 2.24) is 14.8 Å². The minimum Gasteiger partial charge on any atom is -0.322 e. The van der Waals surface area contributed by atoms with E-state index in [1.807, 2.05) is 17.5 Å². The Morgan fingerprint density at radius 2 is 1.42 bits per heavy atom. The van der Waals surface area contributed by atoms with Crippen molar-refractivity contribution in [3.8, 4) is 11.3 Å². The number of aromatic nitrogens is 1. The molecular formula is C27H23ClF2N4OS. The van der Waals surface area contributed by atoms with E-state index in [1.54, 1.807) is 41.3 Å². The summed E-state index contributed by atoms with van der Waals surface area (Å²) in [5.41, 5.74) is 3.53. The van der Waals surface area contributed by atoms with Gasteiger partial charge in [-0.05, 0) is 47.5 Å². The summed E-state index contributed by atoms with van der Waals surface area (Å²) in [6, 6.07) is 19.8. The molecule has 0 spiro atoms. The Hall–Kier alpha value is -3.33. The Morgan fingerprint density at radius 3 is 1.97 bits per heavy atom. The molecule has 1 saturated heterocycles. The SMILES string of the molecule is O=C(Nc1nc(-c2ccc(Cl)cc2)cs1)N1CCN(C(c2ccc(F)cc2)c2ccc(F)cc2)CC1. The van der Waals surface area contributed by atoms with E-state index >= 15 is 0 Å². The first-order chi connectivity index (χ1) is 17.5. The minimum atomic E-state index is -0.306. The van der Waals surface area contributed by atoms with Gasteiger partial charge >= 0.3 is 6.03 Å². The number of rotatable bonds is 5. The molecule has 36 heavy (non-hydrogen) atoms. The predicted octanol–water partition coefficient (Wildman–Crippen LogP) is 6.68. The van der Waals surface area contributed by atoms with Gasteiger partial charge in [0.25, 0.3) is 0 Å². The van der Waals surface area contributed by atoms with Gasteiger partial charge in [0, 0.05) is 42.1 Å². The number of piperazine rings is 1. The van der Waals surface area contributed by atoms with Crippen molar-refractivity contribution in [2.24, 2.45) is 0 Å². The Morgan fingerprint density at radius 1 is 0.861 bits per heavy atom. The molecule has 0 aliphatic carbocycles. The highest BCUT2D eigenvalue weighted by atomic mass is 35.5. The van der Waals surface area contributed by atoms with E-state index in [1.165, 1.54) is 35.6 Å². The maximum Gasteiger partial charge on any atom is 0.323 e. The third kappa shape index (κ3) is 5.56. The number of halogens is 3. The summed E-state index contributed by atoms with van der Waals surface area (Å²) < 4.78 is 27.1. The lowest BCUT2D eigenvalue weighted by Crippen LogP contribution is -2.51. The van der Waals surface area contributed by atoms with E-state index in [2.05, 4.69) is 15.2 Å². The molecule has 1 aliphatic heterocycles. The van der Waals surface area contributed by atoms with Crippen LogP contribution in [0.4, 0.5) is 18.7 Å². The Kier molecular flexibility index (Phi) is 7.27. The average molecular weight is 525 g/mol. The van der Waals surface area contributed by atoms with Gasteiger partial charge in [-0.15, -0.1) is 11.3 Å². The van der Waals surface area contributed by atoms with Crippen LogP contribution in [-0.4, -0.2) is 47.0 Å². The zero-order valence-corrected chi connectivity index (χ0v) is 20.8. The van der Waals surface area contributed by atoms with Crippen LogP contribution in [0.25, 0.3) is 11.3 Å². The van der Waals surface area contributed by atoms with Crippen LogP contribution < -0.4 is 5.32 Å². The van der Waals surface area contributed by atoms with Crippen molar-refractivity contribution in [2.45, 2.75) is 6.04 Å². The lowest BCUT2D eigenvalue weighted by Gasteiger charge is -2.39. The summed E-state index contributed by atoms with van der Waals surface area (Å²) in [7, 11) is 0. The summed E-state index contributed by atoms with van der Waals surface area (Å²) in [5, 5.41) is 5.98. The number of amides is 2. The molecule has 1 aliphatic rings. The van der Waals surface area contributed by atoms with Crippen LogP contribution in [0.3, 0.4) is 0 Å². The second-order valence-electron chi connectivity index (χ2n) is 8.50. The highest BCUT2D eigenvalue weighted by molar-refractivity contribution is 7.14. The first-order valence-electron chi connectivity index (χ1n) is 11.5. The maximum atomic E-state index is 13.6. The lowest BCUT2D eigenvalue weighted by atomic mass is 9.96. The fourth-order valence-corrected chi connectivity index (χ4v) is 5.18. The zero-order chi connectivity index (χ0) is 25.1. The smallest absolute Gasteiger partial charge is 0.322 e. The average Bonchev–Trinajstić information content (AvgIpc) is 3.35. The Balaban J connectivity index is 1.25. The number of carbonyl (C=O) groups is 1. The summed E-state index contributed by atoms with van der Waals surface area (Å²) in [5.74, 6) is -0.612. The quantitative estimate of drug-likeness (QED) is 0.317. The van der Waals surface area contributed by atoms with Gasteiger partial charge < -0.3 is 4.90 Å². The number of benzene rings is 3. The number of urea groups is 1. The summed E-state index contributed by atoms with van der Waals surface area (Å²) in [4.78, 5) is 21.4. The monoisotopic (exact) mass is 524 g/mol. The van der Waals surface area contributed by atoms with Crippen LogP contribution >= 0.6 is 22.9 Å². The highest BCUT2D eigenvalue weighted by Crippen LogP contribution is 2.31. The summed E-state index contributed by atoms with van der Waals surface area (Å²) in [6.45, 7) is 2.25. The normalized spacial score (nSPS) is 14.3. The van der Waals surface area contributed by atoms with Crippen molar-refractivity contribution in [3.63, 3.8) is 0 Å². The fourth-order valence-electron chi connectivity index (χ4n) is 4.34.